The summed E-state index contributed by atoms with van der Waals surface area (Å²) >= 11 is 0. The predicted molar refractivity (Wildman–Crippen MR) is 79.2 cm³/mol. The average molecular weight is 277 g/mol. The molecule has 0 aliphatic carbocycles. The highest BCUT2D eigenvalue weighted by molar-refractivity contribution is 5.90. The highest BCUT2D eigenvalue weighted by Crippen LogP contribution is 2.25. The molecule has 4 heteroatoms. The summed E-state index contributed by atoms with van der Waals surface area (Å²) in [6.07, 6.45) is 2.49. The van der Waals surface area contributed by atoms with Gasteiger partial charge in [-0.25, -0.2) is 4.79 Å². The van der Waals surface area contributed by atoms with E-state index in [-0.39, 0.29) is 18.2 Å². The number of esters is 1. The second kappa shape index (κ2) is 6.27. The number of carbonyl (C=O) groups excluding carboxylic acids is 1. The number of carbonyl (C=O) groups is 1. The maximum atomic E-state index is 11.6. The van der Waals surface area contributed by atoms with Crippen LogP contribution in [-0.4, -0.2) is 31.3 Å². The molecule has 110 valence electrons. The zero-order chi connectivity index (χ0) is 14.7. The SMILES string of the molecule is COC(=O)c1ccc(C)c(NC2CC(C)OC(C)C2)c1. The molecule has 1 aliphatic heterocycles. The van der Waals surface area contributed by atoms with Crippen molar-refractivity contribution in [1.29, 1.82) is 0 Å². The van der Waals surface area contributed by atoms with E-state index < -0.39 is 0 Å². The van der Waals surface area contributed by atoms with Gasteiger partial charge in [0.15, 0.2) is 0 Å². The molecular formula is C16H23NO3. The fraction of sp³-hybridized carbons (Fsp3) is 0.562. The summed E-state index contributed by atoms with van der Waals surface area (Å²) in [4.78, 5) is 11.6. The molecule has 1 fully saturated rings. The second-order valence-corrected chi connectivity index (χ2v) is 5.59. The Labute approximate surface area is 120 Å². The number of benzene rings is 1. The molecule has 0 amide bonds. The molecule has 0 radical (unpaired) electrons. The van der Waals surface area contributed by atoms with Crippen molar-refractivity contribution in [1.82, 2.24) is 0 Å². The maximum absolute atomic E-state index is 11.6. The minimum atomic E-state index is -0.304. The minimum absolute atomic E-state index is 0.264. The number of methoxy groups -OCH3 is 1. The molecule has 1 heterocycles. The first-order chi connectivity index (χ1) is 9.49. The monoisotopic (exact) mass is 277 g/mol. The number of aryl methyl sites for hydroxylation is 1. The minimum Gasteiger partial charge on any atom is -0.465 e. The van der Waals surface area contributed by atoms with Gasteiger partial charge in [-0.05, 0) is 51.3 Å². The Hall–Kier alpha value is -1.55. The third kappa shape index (κ3) is 3.51. The van der Waals surface area contributed by atoms with E-state index in [1.54, 1.807) is 6.07 Å². The molecule has 20 heavy (non-hydrogen) atoms. The Morgan fingerprint density at radius 2 is 1.95 bits per heavy atom. The molecule has 2 unspecified atom stereocenters. The van der Waals surface area contributed by atoms with Crippen molar-refractivity contribution in [3.63, 3.8) is 0 Å². The van der Waals surface area contributed by atoms with Gasteiger partial charge in [0.1, 0.15) is 0 Å². The van der Waals surface area contributed by atoms with Crippen LogP contribution >= 0.6 is 0 Å². The molecule has 1 saturated heterocycles. The van der Waals surface area contributed by atoms with Gasteiger partial charge < -0.3 is 14.8 Å². The summed E-state index contributed by atoms with van der Waals surface area (Å²) in [5, 5.41) is 3.54. The molecule has 4 nitrogen and oxygen atoms in total. The molecule has 1 N–H and O–H groups in total. The molecule has 1 aromatic rings. The van der Waals surface area contributed by atoms with Gasteiger partial charge in [0, 0.05) is 11.7 Å². The maximum Gasteiger partial charge on any atom is 0.337 e. The van der Waals surface area contributed by atoms with Crippen molar-refractivity contribution in [2.75, 3.05) is 12.4 Å². The van der Waals surface area contributed by atoms with Crippen LogP contribution in [0.15, 0.2) is 18.2 Å². The number of hydrogen-bond donors (Lipinski definition) is 1. The van der Waals surface area contributed by atoms with Crippen LogP contribution in [0.5, 0.6) is 0 Å². The summed E-state index contributed by atoms with van der Waals surface area (Å²) in [5.41, 5.74) is 2.71. The van der Waals surface area contributed by atoms with E-state index in [9.17, 15) is 4.79 Å². The highest BCUT2D eigenvalue weighted by atomic mass is 16.5. The summed E-state index contributed by atoms with van der Waals surface area (Å²) < 4.78 is 10.5. The molecular weight excluding hydrogens is 254 g/mol. The molecule has 0 bridgehead atoms. The van der Waals surface area contributed by atoms with Crippen molar-refractivity contribution < 1.29 is 14.3 Å². The van der Waals surface area contributed by atoms with Crippen molar-refractivity contribution in [2.45, 2.75) is 51.9 Å². The first-order valence-corrected chi connectivity index (χ1v) is 7.10. The third-order valence-corrected chi connectivity index (χ3v) is 3.72. The van der Waals surface area contributed by atoms with E-state index in [0.717, 1.165) is 24.1 Å². The molecule has 2 atom stereocenters. The molecule has 0 saturated carbocycles. The lowest BCUT2D eigenvalue weighted by Crippen LogP contribution is -2.37. The van der Waals surface area contributed by atoms with E-state index in [1.165, 1.54) is 7.11 Å². The normalized spacial score (nSPS) is 26.1. The van der Waals surface area contributed by atoms with Gasteiger partial charge >= 0.3 is 5.97 Å². The zero-order valence-corrected chi connectivity index (χ0v) is 12.6. The van der Waals surface area contributed by atoms with Gasteiger partial charge in [0.2, 0.25) is 0 Å². The summed E-state index contributed by atoms with van der Waals surface area (Å²) in [6.45, 7) is 6.24. The lowest BCUT2D eigenvalue weighted by atomic mass is 9.99. The fourth-order valence-corrected chi connectivity index (χ4v) is 2.77. The Morgan fingerprint density at radius 3 is 2.55 bits per heavy atom. The molecule has 1 aromatic carbocycles. The van der Waals surface area contributed by atoms with Gasteiger partial charge in [-0.2, -0.15) is 0 Å². The van der Waals surface area contributed by atoms with E-state index in [2.05, 4.69) is 19.2 Å². The summed E-state index contributed by atoms with van der Waals surface area (Å²) in [6, 6.07) is 5.98. The molecule has 1 aliphatic rings. The van der Waals surface area contributed by atoms with Crippen molar-refractivity contribution in [3.05, 3.63) is 29.3 Å². The zero-order valence-electron chi connectivity index (χ0n) is 12.6. The van der Waals surface area contributed by atoms with Gasteiger partial charge in [0.25, 0.3) is 0 Å². The topological polar surface area (TPSA) is 47.6 Å². The van der Waals surface area contributed by atoms with Crippen LogP contribution in [-0.2, 0) is 9.47 Å². The van der Waals surface area contributed by atoms with Gasteiger partial charge in [-0.1, -0.05) is 6.07 Å². The Balaban J connectivity index is 2.13. The van der Waals surface area contributed by atoms with Crippen LogP contribution in [0.1, 0.15) is 42.6 Å². The Morgan fingerprint density at radius 1 is 1.30 bits per heavy atom. The van der Waals surface area contributed by atoms with Crippen LogP contribution in [0.25, 0.3) is 0 Å². The van der Waals surface area contributed by atoms with Crippen LogP contribution < -0.4 is 5.32 Å². The number of anilines is 1. The van der Waals surface area contributed by atoms with E-state index >= 15 is 0 Å². The third-order valence-electron chi connectivity index (χ3n) is 3.72. The van der Waals surface area contributed by atoms with Crippen LogP contribution in [0, 0.1) is 6.92 Å². The average Bonchev–Trinajstić information content (AvgIpc) is 2.39. The highest BCUT2D eigenvalue weighted by Gasteiger charge is 2.24. The first-order valence-electron chi connectivity index (χ1n) is 7.10. The first kappa shape index (κ1) is 14.9. The fourth-order valence-electron chi connectivity index (χ4n) is 2.77. The lowest BCUT2D eigenvalue weighted by molar-refractivity contribution is -0.0337. The number of nitrogens with one attached hydrogen (secondary N) is 1. The smallest absolute Gasteiger partial charge is 0.337 e. The van der Waals surface area contributed by atoms with Crippen LogP contribution in [0.2, 0.25) is 0 Å². The van der Waals surface area contributed by atoms with Crippen LogP contribution in [0.4, 0.5) is 5.69 Å². The van der Waals surface area contributed by atoms with Crippen molar-refractivity contribution >= 4 is 11.7 Å². The largest absolute Gasteiger partial charge is 0.465 e. The van der Waals surface area contributed by atoms with E-state index in [0.29, 0.717) is 11.6 Å². The van der Waals surface area contributed by atoms with Gasteiger partial charge in [-0.15, -0.1) is 0 Å². The van der Waals surface area contributed by atoms with Gasteiger partial charge in [-0.3, -0.25) is 0 Å². The number of ether oxygens (including phenoxy) is 2. The molecule has 0 aromatic heterocycles. The standard InChI is InChI=1S/C16H23NO3/c1-10-5-6-13(16(18)19-4)9-15(10)17-14-7-11(2)20-12(3)8-14/h5-6,9,11-12,14,17H,7-8H2,1-4H3. The lowest BCUT2D eigenvalue weighted by Gasteiger charge is -2.33. The second-order valence-electron chi connectivity index (χ2n) is 5.59. The Bertz CT molecular complexity index is 477. The van der Waals surface area contributed by atoms with E-state index in [4.69, 9.17) is 9.47 Å². The predicted octanol–water partition coefficient (Wildman–Crippen LogP) is 3.15. The molecule has 2 rings (SSSR count). The number of rotatable bonds is 3. The molecule has 0 spiro atoms. The van der Waals surface area contributed by atoms with Crippen LogP contribution in [0.3, 0.4) is 0 Å². The quantitative estimate of drug-likeness (QED) is 0.862. The van der Waals surface area contributed by atoms with Crippen molar-refractivity contribution in [2.24, 2.45) is 0 Å². The number of hydrogen-bond acceptors (Lipinski definition) is 4. The van der Waals surface area contributed by atoms with E-state index in [1.807, 2.05) is 19.1 Å². The Kier molecular flexibility index (Phi) is 4.65. The van der Waals surface area contributed by atoms with Crippen molar-refractivity contribution in [3.8, 4) is 0 Å². The summed E-state index contributed by atoms with van der Waals surface area (Å²) in [7, 11) is 1.40. The summed E-state index contributed by atoms with van der Waals surface area (Å²) in [5.74, 6) is -0.304. The van der Waals surface area contributed by atoms with Gasteiger partial charge in [0.05, 0.1) is 24.9 Å².